The first-order valence-electron chi connectivity index (χ1n) is 13.8. The maximum atomic E-state index is 13.4. The smallest absolute Gasteiger partial charge is 0.223 e. The SMILES string of the molecule is O=C(CC(c1ccccc1)c1ccccc1)N1CCN(CC23CCC[C@H]4C[C@@H](CC4C2)C3)CC1. The van der Waals surface area contributed by atoms with Crippen LogP contribution in [0.2, 0.25) is 0 Å². The molecule has 3 saturated carbocycles. The Kier molecular flexibility index (Phi) is 6.24. The van der Waals surface area contributed by atoms with Crippen LogP contribution in [0.1, 0.15) is 68.4 Å². The van der Waals surface area contributed by atoms with Crippen molar-refractivity contribution < 1.29 is 4.79 Å². The quantitative estimate of drug-likeness (QED) is 0.535. The van der Waals surface area contributed by atoms with Crippen LogP contribution in [0.25, 0.3) is 0 Å². The second-order valence-electron chi connectivity index (χ2n) is 11.9. The number of hydrogen-bond donors (Lipinski definition) is 0. The Hall–Kier alpha value is -2.13. The first-order chi connectivity index (χ1) is 16.7. The summed E-state index contributed by atoms with van der Waals surface area (Å²) in [5.41, 5.74) is 3.05. The van der Waals surface area contributed by atoms with E-state index in [1.165, 1.54) is 62.6 Å². The van der Waals surface area contributed by atoms with Crippen molar-refractivity contribution in [3.8, 4) is 0 Å². The second-order valence-corrected chi connectivity index (χ2v) is 11.9. The molecule has 3 bridgehead atoms. The van der Waals surface area contributed by atoms with E-state index in [-0.39, 0.29) is 5.92 Å². The summed E-state index contributed by atoms with van der Waals surface area (Å²) >= 11 is 0. The standard InChI is InChI=1S/C31H40N2O/c34-30(20-29(25-8-3-1-4-9-25)26-10-5-2-6-11-26)33-16-14-32(15-17-33)23-31-13-7-12-27-18-24(21-31)19-28(27)22-31/h1-6,8-11,24,27-29H,7,12-23H2/t24-,27-,28?,31?/m0/s1. The number of amides is 1. The molecule has 2 aromatic carbocycles. The van der Waals surface area contributed by atoms with Gasteiger partial charge in [0.15, 0.2) is 0 Å². The molecule has 1 saturated heterocycles. The van der Waals surface area contributed by atoms with E-state index in [2.05, 4.69) is 70.5 Å². The lowest BCUT2D eigenvalue weighted by Gasteiger charge is -2.45. The molecule has 3 heteroatoms. The van der Waals surface area contributed by atoms with Crippen LogP contribution in [0.5, 0.6) is 0 Å². The molecule has 1 aliphatic heterocycles. The van der Waals surface area contributed by atoms with Crippen molar-refractivity contribution in [1.29, 1.82) is 0 Å². The minimum atomic E-state index is 0.128. The van der Waals surface area contributed by atoms with Crippen molar-refractivity contribution in [2.75, 3.05) is 32.7 Å². The Morgan fingerprint density at radius 1 is 0.853 bits per heavy atom. The molecule has 2 aromatic rings. The average molecular weight is 457 g/mol. The molecule has 0 N–H and O–H groups in total. The van der Waals surface area contributed by atoms with Crippen LogP contribution >= 0.6 is 0 Å². The lowest BCUT2D eigenvalue weighted by atomic mass is 9.67. The topological polar surface area (TPSA) is 23.6 Å². The maximum Gasteiger partial charge on any atom is 0.223 e. The number of carbonyl (C=O) groups is 1. The average Bonchev–Trinajstić information content (AvgIpc) is 3.10. The van der Waals surface area contributed by atoms with Gasteiger partial charge in [0, 0.05) is 45.1 Å². The molecule has 4 fully saturated rings. The molecule has 0 radical (unpaired) electrons. The van der Waals surface area contributed by atoms with Crippen molar-refractivity contribution in [3.05, 3.63) is 71.8 Å². The number of piperazine rings is 1. The zero-order valence-corrected chi connectivity index (χ0v) is 20.6. The van der Waals surface area contributed by atoms with Crippen molar-refractivity contribution >= 4 is 5.91 Å². The molecule has 1 heterocycles. The highest BCUT2D eigenvalue weighted by Crippen LogP contribution is 2.58. The highest BCUT2D eigenvalue weighted by atomic mass is 16.2. The van der Waals surface area contributed by atoms with Crippen LogP contribution in [-0.4, -0.2) is 48.4 Å². The summed E-state index contributed by atoms with van der Waals surface area (Å²) in [4.78, 5) is 18.3. The molecule has 0 spiro atoms. The third-order valence-corrected chi connectivity index (χ3v) is 9.70. The third kappa shape index (κ3) is 4.56. The summed E-state index contributed by atoms with van der Waals surface area (Å²) in [6, 6.07) is 21.1. The predicted molar refractivity (Wildman–Crippen MR) is 138 cm³/mol. The first kappa shape index (κ1) is 22.3. The number of nitrogens with zero attached hydrogens (tertiary/aromatic N) is 2. The van der Waals surface area contributed by atoms with Gasteiger partial charge in [-0.05, 0) is 66.4 Å². The van der Waals surface area contributed by atoms with Gasteiger partial charge in [-0.1, -0.05) is 73.5 Å². The molecule has 4 atom stereocenters. The Balaban J connectivity index is 1.08. The van der Waals surface area contributed by atoms with Gasteiger partial charge >= 0.3 is 0 Å². The molecule has 34 heavy (non-hydrogen) atoms. The molecule has 2 unspecified atom stereocenters. The fourth-order valence-electron chi connectivity index (χ4n) is 8.24. The highest BCUT2D eigenvalue weighted by molar-refractivity contribution is 5.78. The number of fused-ring (bicyclic) bond motifs is 2. The van der Waals surface area contributed by atoms with Gasteiger partial charge in [-0.25, -0.2) is 0 Å². The summed E-state index contributed by atoms with van der Waals surface area (Å²) < 4.78 is 0. The van der Waals surface area contributed by atoms with Gasteiger partial charge in [0.2, 0.25) is 5.91 Å². The third-order valence-electron chi connectivity index (χ3n) is 9.70. The second kappa shape index (κ2) is 9.49. The van der Waals surface area contributed by atoms with Gasteiger partial charge in [0.05, 0.1) is 0 Å². The van der Waals surface area contributed by atoms with Gasteiger partial charge in [0.25, 0.3) is 0 Å². The maximum absolute atomic E-state index is 13.4. The lowest BCUT2D eigenvalue weighted by molar-refractivity contribution is -0.133. The van der Waals surface area contributed by atoms with E-state index in [1.54, 1.807) is 0 Å². The van der Waals surface area contributed by atoms with Crippen LogP contribution in [0, 0.1) is 23.2 Å². The van der Waals surface area contributed by atoms with Crippen molar-refractivity contribution in [1.82, 2.24) is 9.80 Å². The van der Waals surface area contributed by atoms with Gasteiger partial charge in [-0.15, -0.1) is 0 Å². The predicted octanol–water partition coefficient (Wildman–Crippen LogP) is 5.96. The van der Waals surface area contributed by atoms with E-state index < -0.39 is 0 Å². The van der Waals surface area contributed by atoms with Crippen LogP contribution < -0.4 is 0 Å². The van der Waals surface area contributed by atoms with E-state index in [4.69, 9.17) is 0 Å². The Labute approximate surface area is 205 Å². The van der Waals surface area contributed by atoms with Crippen LogP contribution in [0.15, 0.2) is 60.7 Å². The number of rotatable bonds is 6. The monoisotopic (exact) mass is 456 g/mol. The van der Waals surface area contributed by atoms with Crippen molar-refractivity contribution in [3.63, 3.8) is 0 Å². The van der Waals surface area contributed by atoms with Gasteiger partial charge in [-0.3, -0.25) is 9.69 Å². The minimum Gasteiger partial charge on any atom is -0.340 e. The molecule has 1 amide bonds. The summed E-state index contributed by atoms with van der Waals surface area (Å²) in [6.07, 6.45) is 11.0. The molecular weight excluding hydrogens is 416 g/mol. The van der Waals surface area contributed by atoms with Crippen molar-refractivity contribution in [2.45, 2.75) is 57.3 Å². The van der Waals surface area contributed by atoms with Crippen LogP contribution in [0.4, 0.5) is 0 Å². The zero-order chi connectivity index (χ0) is 23.0. The van der Waals surface area contributed by atoms with Gasteiger partial charge in [0.1, 0.15) is 0 Å². The van der Waals surface area contributed by atoms with Gasteiger partial charge < -0.3 is 4.90 Å². The Bertz CT molecular complexity index is 928. The molecule has 180 valence electrons. The van der Waals surface area contributed by atoms with E-state index >= 15 is 0 Å². The molecule has 3 nitrogen and oxygen atoms in total. The van der Waals surface area contributed by atoms with E-state index in [0.717, 1.165) is 43.9 Å². The molecule has 0 aromatic heterocycles. The minimum absolute atomic E-state index is 0.128. The molecule has 3 aliphatic carbocycles. The summed E-state index contributed by atoms with van der Waals surface area (Å²) in [5, 5.41) is 0. The van der Waals surface area contributed by atoms with Crippen LogP contribution in [0.3, 0.4) is 0 Å². The molecule has 6 rings (SSSR count). The largest absolute Gasteiger partial charge is 0.340 e. The Morgan fingerprint density at radius 3 is 2.18 bits per heavy atom. The molecular formula is C31H40N2O. The van der Waals surface area contributed by atoms with E-state index in [1.807, 2.05) is 0 Å². The first-order valence-corrected chi connectivity index (χ1v) is 13.8. The van der Waals surface area contributed by atoms with Gasteiger partial charge in [-0.2, -0.15) is 0 Å². The van der Waals surface area contributed by atoms with E-state index in [9.17, 15) is 4.79 Å². The zero-order valence-electron chi connectivity index (χ0n) is 20.6. The number of carbonyl (C=O) groups excluding carboxylic acids is 1. The summed E-state index contributed by atoms with van der Waals surface area (Å²) in [6.45, 7) is 5.16. The Morgan fingerprint density at radius 2 is 1.50 bits per heavy atom. The van der Waals surface area contributed by atoms with Crippen LogP contribution in [-0.2, 0) is 4.79 Å². The van der Waals surface area contributed by atoms with Crippen molar-refractivity contribution in [2.24, 2.45) is 23.2 Å². The number of hydrogen-bond acceptors (Lipinski definition) is 2. The lowest BCUT2D eigenvalue weighted by Crippen LogP contribution is -2.52. The molecule has 4 aliphatic rings. The summed E-state index contributed by atoms with van der Waals surface area (Å²) in [7, 11) is 0. The fraction of sp³-hybridized carbons (Fsp3) is 0.581. The summed E-state index contributed by atoms with van der Waals surface area (Å²) in [5.74, 6) is 3.52. The fourth-order valence-corrected chi connectivity index (χ4v) is 8.24. The highest BCUT2D eigenvalue weighted by Gasteiger charge is 2.50. The number of benzene rings is 2. The van der Waals surface area contributed by atoms with E-state index in [0.29, 0.717) is 17.7 Å². The normalized spacial score (nSPS) is 31.1.